The van der Waals surface area contributed by atoms with Crippen LogP contribution in [0.15, 0.2) is 30.5 Å². The highest BCUT2D eigenvalue weighted by Crippen LogP contribution is 2.23. The fourth-order valence-corrected chi connectivity index (χ4v) is 3.34. The molecular weight excluding hydrogens is 378 g/mol. The van der Waals surface area contributed by atoms with E-state index >= 15 is 0 Å². The van der Waals surface area contributed by atoms with Crippen LogP contribution in [0.5, 0.6) is 0 Å². The summed E-state index contributed by atoms with van der Waals surface area (Å²) in [5, 5.41) is 8.23. The number of pyridine rings is 1. The van der Waals surface area contributed by atoms with Crippen LogP contribution in [0.3, 0.4) is 0 Å². The number of hydrogen-bond acceptors (Lipinski definition) is 4. The predicted octanol–water partition coefficient (Wildman–Crippen LogP) is 3.66. The number of halogens is 1. The molecule has 2 heterocycles. The molecule has 0 unspecified atom stereocenters. The van der Waals surface area contributed by atoms with Crippen molar-refractivity contribution in [3.05, 3.63) is 52.3 Å². The number of fused-ring (bicyclic) bond motifs is 1. The van der Waals surface area contributed by atoms with Gasteiger partial charge in [0.05, 0.1) is 21.8 Å². The molecular formula is C20H22ClN5O2. The summed E-state index contributed by atoms with van der Waals surface area (Å²) in [5.74, 6) is -0.439. The van der Waals surface area contributed by atoms with Gasteiger partial charge in [-0.25, -0.2) is 4.98 Å². The summed E-state index contributed by atoms with van der Waals surface area (Å²) in [5.41, 5.74) is 2.87. The van der Waals surface area contributed by atoms with Gasteiger partial charge in [0.2, 0.25) is 0 Å². The van der Waals surface area contributed by atoms with E-state index in [-0.39, 0.29) is 11.8 Å². The monoisotopic (exact) mass is 399 g/mol. The highest BCUT2D eigenvalue weighted by molar-refractivity contribution is 6.34. The van der Waals surface area contributed by atoms with Crippen LogP contribution in [0, 0.1) is 6.92 Å². The van der Waals surface area contributed by atoms with Gasteiger partial charge in [0, 0.05) is 37.4 Å². The minimum absolute atomic E-state index is 0.130. The molecule has 3 rings (SSSR count). The average Bonchev–Trinajstić information content (AvgIpc) is 2.96. The summed E-state index contributed by atoms with van der Waals surface area (Å²) >= 11 is 6.29. The molecule has 146 valence electrons. The first-order valence-corrected chi connectivity index (χ1v) is 9.43. The largest absolute Gasteiger partial charge is 0.339 e. The average molecular weight is 400 g/mol. The van der Waals surface area contributed by atoms with Crippen LogP contribution in [0.1, 0.15) is 40.3 Å². The molecule has 0 aliphatic carbocycles. The first kappa shape index (κ1) is 19.8. The van der Waals surface area contributed by atoms with E-state index in [4.69, 9.17) is 11.6 Å². The van der Waals surface area contributed by atoms with Gasteiger partial charge >= 0.3 is 0 Å². The first-order valence-electron chi connectivity index (χ1n) is 9.05. The molecule has 0 saturated carbocycles. The molecule has 0 aliphatic heterocycles. The van der Waals surface area contributed by atoms with Crippen LogP contribution in [0.4, 0.5) is 5.69 Å². The van der Waals surface area contributed by atoms with Crippen molar-refractivity contribution in [2.75, 3.05) is 18.4 Å². The fraction of sp³-hybridized carbons (Fsp3) is 0.300. The molecule has 0 aliphatic rings. The van der Waals surface area contributed by atoms with Crippen molar-refractivity contribution in [1.29, 1.82) is 0 Å². The number of carbonyl (C=O) groups excluding carboxylic acids is 2. The molecule has 8 heteroatoms. The Morgan fingerprint density at radius 3 is 2.57 bits per heavy atom. The van der Waals surface area contributed by atoms with E-state index in [0.29, 0.717) is 34.9 Å². The molecule has 1 N–H and O–H groups in total. The molecule has 0 bridgehead atoms. The van der Waals surface area contributed by atoms with Gasteiger partial charge in [-0.2, -0.15) is 5.10 Å². The molecule has 0 saturated heterocycles. The number of nitrogens with zero attached hydrogens (tertiary/aromatic N) is 4. The Labute approximate surface area is 168 Å². The van der Waals surface area contributed by atoms with E-state index in [9.17, 15) is 9.59 Å². The van der Waals surface area contributed by atoms with Crippen LogP contribution < -0.4 is 5.32 Å². The zero-order valence-corrected chi connectivity index (χ0v) is 17.0. The minimum Gasteiger partial charge on any atom is -0.339 e. The van der Waals surface area contributed by atoms with Crippen molar-refractivity contribution in [3.8, 4) is 0 Å². The van der Waals surface area contributed by atoms with Crippen LogP contribution in [-0.4, -0.2) is 44.6 Å². The summed E-state index contributed by atoms with van der Waals surface area (Å²) in [6.07, 6.45) is 1.51. The Kier molecular flexibility index (Phi) is 5.65. The second-order valence-corrected chi connectivity index (χ2v) is 6.84. The Morgan fingerprint density at radius 1 is 1.21 bits per heavy atom. The number of nitrogens with one attached hydrogen (secondary N) is 1. The molecule has 0 atom stereocenters. The van der Waals surface area contributed by atoms with Crippen LogP contribution in [0.25, 0.3) is 11.0 Å². The SMILES string of the molecule is CCN(CC)C(=O)c1ccc(NC(=O)c2cnc3c(c2)c(C)nn3C)cc1Cl. The van der Waals surface area contributed by atoms with Crippen molar-refractivity contribution in [3.63, 3.8) is 0 Å². The van der Waals surface area contributed by atoms with E-state index in [1.54, 1.807) is 33.8 Å². The van der Waals surface area contributed by atoms with Gasteiger partial charge < -0.3 is 10.2 Å². The summed E-state index contributed by atoms with van der Waals surface area (Å²) in [4.78, 5) is 31.1. The van der Waals surface area contributed by atoms with E-state index in [0.717, 1.165) is 16.7 Å². The topological polar surface area (TPSA) is 80.1 Å². The summed E-state index contributed by atoms with van der Waals surface area (Å²) in [6.45, 7) is 6.91. The summed E-state index contributed by atoms with van der Waals surface area (Å²) in [7, 11) is 1.81. The lowest BCUT2D eigenvalue weighted by molar-refractivity contribution is 0.0773. The minimum atomic E-state index is -0.309. The van der Waals surface area contributed by atoms with Crippen LogP contribution >= 0.6 is 11.6 Å². The molecule has 0 fully saturated rings. The van der Waals surface area contributed by atoms with Crippen molar-refractivity contribution in [2.45, 2.75) is 20.8 Å². The highest BCUT2D eigenvalue weighted by atomic mass is 35.5. The number of amides is 2. The second-order valence-electron chi connectivity index (χ2n) is 6.43. The maximum absolute atomic E-state index is 12.6. The lowest BCUT2D eigenvalue weighted by Gasteiger charge is -2.19. The number of rotatable bonds is 5. The van der Waals surface area contributed by atoms with Crippen molar-refractivity contribution < 1.29 is 9.59 Å². The van der Waals surface area contributed by atoms with Crippen molar-refractivity contribution in [1.82, 2.24) is 19.7 Å². The first-order chi connectivity index (χ1) is 13.3. The summed E-state index contributed by atoms with van der Waals surface area (Å²) < 4.78 is 1.68. The highest BCUT2D eigenvalue weighted by Gasteiger charge is 2.17. The van der Waals surface area contributed by atoms with E-state index in [2.05, 4.69) is 15.4 Å². The maximum atomic E-state index is 12.6. The van der Waals surface area contributed by atoms with Gasteiger partial charge in [-0.15, -0.1) is 0 Å². The fourth-order valence-electron chi connectivity index (χ4n) is 3.08. The second kappa shape index (κ2) is 7.98. The number of anilines is 1. The molecule has 28 heavy (non-hydrogen) atoms. The number of aryl methyl sites for hydroxylation is 2. The van der Waals surface area contributed by atoms with E-state index < -0.39 is 0 Å². The smallest absolute Gasteiger partial charge is 0.257 e. The Morgan fingerprint density at radius 2 is 1.93 bits per heavy atom. The maximum Gasteiger partial charge on any atom is 0.257 e. The Hall–Kier alpha value is -2.93. The van der Waals surface area contributed by atoms with Crippen LogP contribution in [-0.2, 0) is 7.05 Å². The molecule has 2 aromatic heterocycles. The number of carbonyl (C=O) groups is 2. The third kappa shape index (κ3) is 3.71. The van der Waals surface area contributed by atoms with Crippen LogP contribution in [0.2, 0.25) is 5.02 Å². The van der Waals surface area contributed by atoms with Gasteiger partial charge in [0.25, 0.3) is 11.8 Å². The number of benzene rings is 1. The Bertz CT molecular complexity index is 1060. The van der Waals surface area contributed by atoms with E-state index in [1.807, 2.05) is 27.8 Å². The number of aromatic nitrogens is 3. The molecule has 0 spiro atoms. The lowest BCUT2D eigenvalue weighted by Crippen LogP contribution is -2.30. The quantitative estimate of drug-likeness (QED) is 0.709. The molecule has 0 radical (unpaired) electrons. The van der Waals surface area contributed by atoms with E-state index in [1.165, 1.54) is 6.20 Å². The van der Waals surface area contributed by atoms with Gasteiger partial charge in [0.15, 0.2) is 5.65 Å². The van der Waals surface area contributed by atoms with Gasteiger partial charge in [0.1, 0.15) is 0 Å². The molecule has 1 aromatic carbocycles. The molecule has 2 amide bonds. The normalized spacial score (nSPS) is 10.9. The van der Waals surface area contributed by atoms with Crippen molar-refractivity contribution in [2.24, 2.45) is 7.05 Å². The Balaban J connectivity index is 1.82. The van der Waals surface area contributed by atoms with Gasteiger partial charge in [-0.05, 0) is 45.0 Å². The molecule has 3 aromatic rings. The summed E-state index contributed by atoms with van der Waals surface area (Å²) in [6, 6.07) is 6.64. The number of hydrogen-bond donors (Lipinski definition) is 1. The predicted molar refractivity (Wildman–Crippen MR) is 110 cm³/mol. The zero-order valence-electron chi connectivity index (χ0n) is 16.3. The van der Waals surface area contributed by atoms with Gasteiger partial charge in [-0.3, -0.25) is 14.3 Å². The standard InChI is InChI=1S/C20H22ClN5O2/c1-5-26(6-2)20(28)15-8-7-14(10-17(15)21)23-19(27)13-9-16-12(3)24-25(4)18(16)22-11-13/h7-11H,5-6H2,1-4H3,(H,23,27). The molecule has 7 nitrogen and oxygen atoms in total. The third-order valence-electron chi connectivity index (χ3n) is 4.63. The van der Waals surface area contributed by atoms with Gasteiger partial charge in [-0.1, -0.05) is 11.6 Å². The third-order valence-corrected chi connectivity index (χ3v) is 4.95. The zero-order chi connectivity index (χ0) is 20.4. The van der Waals surface area contributed by atoms with Crippen molar-refractivity contribution >= 4 is 40.1 Å². The lowest BCUT2D eigenvalue weighted by atomic mass is 10.1.